The molecule has 0 unspecified atom stereocenters. The van der Waals surface area contributed by atoms with Gasteiger partial charge in [-0.05, 0) is 61.3 Å². The minimum Gasteiger partial charge on any atom is -0.508 e. The zero-order chi connectivity index (χ0) is 17.0. The third-order valence-electron chi connectivity index (χ3n) is 6.95. The predicted molar refractivity (Wildman–Crippen MR) is 95.5 cm³/mol. The molecule has 3 saturated heterocycles. The second-order valence-electron chi connectivity index (χ2n) is 8.27. The van der Waals surface area contributed by atoms with E-state index in [9.17, 15) is 9.90 Å². The van der Waals surface area contributed by atoms with Crippen molar-refractivity contribution in [3.8, 4) is 5.75 Å². The molecule has 4 atom stereocenters. The summed E-state index contributed by atoms with van der Waals surface area (Å²) in [6.45, 7) is 4.26. The molecule has 1 aromatic rings. The van der Waals surface area contributed by atoms with Gasteiger partial charge in [0.2, 0.25) is 0 Å². The van der Waals surface area contributed by atoms with Crippen LogP contribution in [0.4, 0.5) is 4.79 Å². The first-order chi connectivity index (χ1) is 12.2. The number of phenols is 1. The van der Waals surface area contributed by atoms with Gasteiger partial charge in [0.05, 0.1) is 6.04 Å². The molecule has 1 aromatic carbocycles. The van der Waals surface area contributed by atoms with Crippen molar-refractivity contribution in [2.45, 2.75) is 44.2 Å². The average molecular weight is 341 g/mol. The summed E-state index contributed by atoms with van der Waals surface area (Å²) in [6, 6.07) is 6.47. The Bertz CT molecular complexity index is 692. The molecule has 5 heteroatoms. The molecule has 25 heavy (non-hydrogen) atoms. The number of fused-ring (bicyclic) bond motifs is 4. The van der Waals surface area contributed by atoms with Crippen LogP contribution in [0, 0.1) is 11.8 Å². The fraction of sp³-hybridized carbons (Fsp3) is 0.650. The molecule has 5 rings (SSSR count). The summed E-state index contributed by atoms with van der Waals surface area (Å²) in [6.07, 6.45) is 5.73. The van der Waals surface area contributed by atoms with Crippen LogP contribution in [0.2, 0.25) is 0 Å². The third kappa shape index (κ3) is 2.51. The molecule has 3 heterocycles. The summed E-state index contributed by atoms with van der Waals surface area (Å²) in [5.74, 6) is 1.70. The first-order valence-electron chi connectivity index (χ1n) is 9.81. The Hall–Kier alpha value is -1.75. The monoisotopic (exact) mass is 341 g/mol. The van der Waals surface area contributed by atoms with Crippen LogP contribution in [0.3, 0.4) is 0 Å². The highest BCUT2D eigenvalue weighted by Gasteiger charge is 2.48. The highest BCUT2D eigenvalue weighted by atomic mass is 16.3. The molecule has 0 bridgehead atoms. The molecule has 0 spiro atoms. The average Bonchev–Trinajstić information content (AvgIpc) is 3.28. The van der Waals surface area contributed by atoms with Crippen molar-refractivity contribution < 1.29 is 9.90 Å². The van der Waals surface area contributed by atoms with E-state index in [1.165, 1.54) is 32.4 Å². The van der Waals surface area contributed by atoms with Crippen LogP contribution in [0.5, 0.6) is 5.75 Å². The van der Waals surface area contributed by atoms with Crippen LogP contribution < -0.4 is 5.32 Å². The van der Waals surface area contributed by atoms with Gasteiger partial charge in [-0.1, -0.05) is 18.6 Å². The topological polar surface area (TPSA) is 55.8 Å². The van der Waals surface area contributed by atoms with Gasteiger partial charge in [-0.3, -0.25) is 4.90 Å². The summed E-state index contributed by atoms with van der Waals surface area (Å²) < 4.78 is 0. The lowest BCUT2D eigenvalue weighted by molar-refractivity contribution is 0.153. The number of amides is 2. The van der Waals surface area contributed by atoms with Gasteiger partial charge >= 0.3 is 6.03 Å². The number of benzene rings is 1. The SMILES string of the molecule is O=C(N[C@@H]1CCc2c(O)cccc21)N1C[C@@H]2CN3CCCC[C@H]3[C@H]2C1. The number of nitrogens with one attached hydrogen (secondary N) is 1. The fourth-order valence-electron chi connectivity index (χ4n) is 5.75. The molecule has 0 radical (unpaired) electrons. The highest BCUT2D eigenvalue weighted by molar-refractivity contribution is 5.75. The summed E-state index contributed by atoms with van der Waals surface area (Å²) in [5.41, 5.74) is 2.09. The van der Waals surface area contributed by atoms with E-state index in [1.54, 1.807) is 6.07 Å². The van der Waals surface area contributed by atoms with Crippen LogP contribution in [0.15, 0.2) is 18.2 Å². The number of nitrogens with zero attached hydrogens (tertiary/aromatic N) is 2. The lowest BCUT2D eigenvalue weighted by Crippen LogP contribution is -2.44. The third-order valence-corrected chi connectivity index (χ3v) is 6.95. The molecular formula is C20H27N3O2. The minimum absolute atomic E-state index is 0.0428. The lowest BCUT2D eigenvalue weighted by atomic mass is 9.90. The van der Waals surface area contributed by atoms with Gasteiger partial charge in [0, 0.05) is 25.7 Å². The van der Waals surface area contributed by atoms with Crippen molar-refractivity contribution in [3.63, 3.8) is 0 Å². The van der Waals surface area contributed by atoms with Gasteiger partial charge in [0.25, 0.3) is 0 Å². The maximum Gasteiger partial charge on any atom is 0.317 e. The van der Waals surface area contributed by atoms with Crippen LogP contribution in [0.1, 0.15) is 42.9 Å². The van der Waals surface area contributed by atoms with Gasteiger partial charge in [-0.15, -0.1) is 0 Å². The quantitative estimate of drug-likeness (QED) is 0.825. The Morgan fingerprint density at radius 3 is 3.00 bits per heavy atom. The Balaban J connectivity index is 1.25. The zero-order valence-corrected chi connectivity index (χ0v) is 14.7. The molecule has 0 saturated carbocycles. The van der Waals surface area contributed by atoms with Crippen molar-refractivity contribution in [2.24, 2.45) is 11.8 Å². The van der Waals surface area contributed by atoms with Crippen LogP contribution in [0.25, 0.3) is 0 Å². The van der Waals surface area contributed by atoms with Crippen molar-refractivity contribution in [1.29, 1.82) is 0 Å². The second-order valence-corrected chi connectivity index (χ2v) is 8.27. The van der Waals surface area contributed by atoms with E-state index in [0.29, 0.717) is 23.6 Å². The summed E-state index contributed by atoms with van der Waals surface area (Å²) in [7, 11) is 0. The largest absolute Gasteiger partial charge is 0.508 e. The molecule has 2 amide bonds. The summed E-state index contributed by atoms with van der Waals surface area (Å²) in [4.78, 5) is 17.5. The maximum absolute atomic E-state index is 12.8. The van der Waals surface area contributed by atoms with E-state index >= 15 is 0 Å². The molecule has 3 fully saturated rings. The molecule has 5 nitrogen and oxygen atoms in total. The maximum atomic E-state index is 12.8. The normalized spacial score (nSPS) is 33.8. The Kier molecular flexibility index (Phi) is 3.66. The number of hydrogen-bond acceptors (Lipinski definition) is 3. The second kappa shape index (κ2) is 5.90. The van der Waals surface area contributed by atoms with Crippen LogP contribution >= 0.6 is 0 Å². The van der Waals surface area contributed by atoms with E-state index in [0.717, 1.165) is 37.1 Å². The Labute approximate surface area is 149 Å². The molecule has 3 aliphatic heterocycles. The van der Waals surface area contributed by atoms with Crippen LogP contribution in [-0.2, 0) is 6.42 Å². The molecule has 134 valence electrons. The first kappa shape index (κ1) is 15.5. The van der Waals surface area contributed by atoms with Crippen molar-refractivity contribution in [2.75, 3.05) is 26.2 Å². The van der Waals surface area contributed by atoms with E-state index in [-0.39, 0.29) is 12.1 Å². The standard InChI is InChI=1S/C20H27N3O2/c24-19-6-3-4-14-15(19)7-8-17(14)21-20(25)23-11-13-10-22-9-2-1-5-18(22)16(13)12-23/h3-4,6,13,16-18,24H,1-2,5,7-12H2,(H,21,25)/t13-,16-,17+,18-/m0/s1. The van der Waals surface area contributed by atoms with Crippen molar-refractivity contribution in [3.05, 3.63) is 29.3 Å². The van der Waals surface area contributed by atoms with E-state index in [1.807, 2.05) is 17.0 Å². The fourth-order valence-corrected chi connectivity index (χ4v) is 5.75. The van der Waals surface area contributed by atoms with Gasteiger partial charge in [-0.25, -0.2) is 4.79 Å². The van der Waals surface area contributed by atoms with Crippen molar-refractivity contribution in [1.82, 2.24) is 15.1 Å². The highest BCUT2D eigenvalue weighted by Crippen LogP contribution is 2.41. The summed E-state index contributed by atoms with van der Waals surface area (Å²) in [5, 5.41) is 13.2. The van der Waals surface area contributed by atoms with Gasteiger partial charge in [0.15, 0.2) is 0 Å². The molecular weight excluding hydrogens is 314 g/mol. The van der Waals surface area contributed by atoms with E-state index in [4.69, 9.17) is 0 Å². The van der Waals surface area contributed by atoms with Crippen molar-refractivity contribution >= 4 is 6.03 Å². The number of aromatic hydroxyl groups is 1. The number of hydrogen-bond donors (Lipinski definition) is 2. The van der Waals surface area contributed by atoms with Gasteiger partial charge < -0.3 is 15.3 Å². The number of carbonyl (C=O) groups excluding carboxylic acids is 1. The first-order valence-corrected chi connectivity index (χ1v) is 9.81. The number of likely N-dealkylation sites (tertiary alicyclic amines) is 1. The van der Waals surface area contributed by atoms with Gasteiger partial charge in [0.1, 0.15) is 5.75 Å². The molecule has 2 N–H and O–H groups in total. The Morgan fingerprint density at radius 1 is 1.16 bits per heavy atom. The van der Waals surface area contributed by atoms with E-state index in [2.05, 4.69) is 10.2 Å². The number of carbonyl (C=O) groups is 1. The molecule has 0 aromatic heterocycles. The smallest absolute Gasteiger partial charge is 0.317 e. The number of piperidine rings is 1. The van der Waals surface area contributed by atoms with Gasteiger partial charge in [-0.2, -0.15) is 0 Å². The predicted octanol–water partition coefficient (Wildman–Crippen LogP) is 2.51. The minimum atomic E-state index is 0.0428. The molecule has 4 aliphatic rings. The molecule has 1 aliphatic carbocycles. The Morgan fingerprint density at radius 2 is 2.08 bits per heavy atom. The lowest BCUT2D eigenvalue weighted by Gasteiger charge is -2.33. The van der Waals surface area contributed by atoms with Crippen LogP contribution in [-0.4, -0.2) is 53.2 Å². The number of phenolic OH excluding ortho intramolecular Hbond substituents is 1. The number of rotatable bonds is 1. The summed E-state index contributed by atoms with van der Waals surface area (Å²) >= 11 is 0. The van der Waals surface area contributed by atoms with E-state index < -0.39 is 0 Å². The zero-order valence-electron chi connectivity index (χ0n) is 14.7. The number of urea groups is 1.